The maximum absolute atomic E-state index is 11.5. The van der Waals surface area contributed by atoms with Crippen LogP contribution in [-0.4, -0.2) is 94.6 Å². The first kappa shape index (κ1) is 25.0. The fourth-order valence-electron chi connectivity index (χ4n) is 3.04. The molecule has 0 saturated heterocycles. The Bertz CT molecular complexity index is 1070. The van der Waals surface area contributed by atoms with Crippen LogP contribution in [0.15, 0.2) is 9.59 Å². The zero-order valence-corrected chi connectivity index (χ0v) is 18.2. The number of aliphatic hydroxyl groups excluding tert-OH is 3. The van der Waals surface area contributed by atoms with Gasteiger partial charge < -0.3 is 56.7 Å². The minimum Gasteiger partial charge on any atom is -0.394 e. The number of anilines is 6. The van der Waals surface area contributed by atoms with Gasteiger partial charge in [0.15, 0.2) is 11.6 Å². The highest BCUT2D eigenvalue weighted by molar-refractivity contribution is 5.71. The largest absolute Gasteiger partial charge is 0.394 e. The summed E-state index contributed by atoms with van der Waals surface area (Å²) < 4.78 is 10.4. The molecule has 17 heteroatoms. The first-order valence-electron chi connectivity index (χ1n) is 10.2. The van der Waals surface area contributed by atoms with Crippen LogP contribution >= 0.6 is 0 Å². The zero-order chi connectivity index (χ0) is 24.7. The van der Waals surface area contributed by atoms with Crippen molar-refractivity contribution in [3.63, 3.8) is 0 Å². The number of rotatable bonds is 9. The average Bonchev–Trinajstić information content (AvgIpc) is 3.40. The van der Waals surface area contributed by atoms with E-state index >= 15 is 0 Å². The van der Waals surface area contributed by atoms with Gasteiger partial charge in [-0.3, -0.25) is 19.6 Å². The van der Waals surface area contributed by atoms with Crippen LogP contribution in [0.5, 0.6) is 0 Å². The van der Waals surface area contributed by atoms with E-state index in [1.54, 1.807) is 9.80 Å². The molecule has 0 aromatic carbocycles. The molecule has 0 saturated carbocycles. The highest BCUT2D eigenvalue weighted by Crippen LogP contribution is 2.26. The van der Waals surface area contributed by atoms with Gasteiger partial charge in [0, 0.05) is 0 Å². The number of hydrogen-bond acceptors (Lipinski definition) is 15. The molecule has 0 spiro atoms. The van der Waals surface area contributed by atoms with Crippen LogP contribution in [0.25, 0.3) is 0 Å². The number of nitrogens with zero attached hydrogens (tertiary/aromatic N) is 4. The second-order valence-electron chi connectivity index (χ2n) is 7.09. The maximum atomic E-state index is 11.5. The Labute approximate surface area is 192 Å². The van der Waals surface area contributed by atoms with E-state index in [1.807, 2.05) is 0 Å². The number of nitrogens with one attached hydrogen (secondary N) is 4. The maximum Gasteiger partial charge on any atom is 0.277 e. The van der Waals surface area contributed by atoms with Crippen molar-refractivity contribution in [3.8, 4) is 0 Å². The lowest BCUT2D eigenvalue weighted by atomic mass is 10.4. The van der Waals surface area contributed by atoms with Crippen LogP contribution in [0.4, 0.5) is 34.9 Å². The topological polar surface area (TPSA) is 253 Å². The number of ether oxygens (including phenoxy) is 2. The lowest BCUT2D eigenvalue weighted by molar-refractivity contribution is -0.0186. The Morgan fingerprint density at radius 3 is 1.85 bits per heavy atom. The number of aromatic amines is 2. The third-order valence-corrected chi connectivity index (χ3v) is 4.69. The van der Waals surface area contributed by atoms with Crippen LogP contribution in [0, 0.1) is 0 Å². The second-order valence-corrected chi connectivity index (χ2v) is 7.09. The van der Waals surface area contributed by atoms with Crippen LogP contribution < -0.4 is 43.0 Å². The SMILES string of the molecule is Nc1nc2c(c(=O)[nH]1)NCN2COC(CO)CO.Nc1nc2c(c(=O)[nH]1)NCN2COCCO. The molecule has 4 heterocycles. The average molecular weight is 484 g/mol. The summed E-state index contributed by atoms with van der Waals surface area (Å²) in [5.74, 6) is 0.956. The van der Waals surface area contributed by atoms with E-state index in [4.69, 9.17) is 36.3 Å². The molecule has 0 amide bonds. The third kappa shape index (κ3) is 5.83. The molecule has 2 aromatic rings. The van der Waals surface area contributed by atoms with E-state index in [1.165, 1.54) is 0 Å². The summed E-state index contributed by atoms with van der Waals surface area (Å²) in [5.41, 5.74) is 11.0. The van der Waals surface area contributed by atoms with Gasteiger partial charge in [0.05, 0.1) is 39.8 Å². The van der Waals surface area contributed by atoms with E-state index in [2.05, 4.69) is 30.6 Å². The molecule has 0 unspecified atom stereocenters. The standard InChI is InChI=1S/C9H15N5O4.C8H13N5O3/c10-9-12-7-6(8(17)13-9)11-3-14(7)4-18-5(1-15)2-16;9-8-11-6-5(7(15)12-8)10-3-13(6)4-16-2-1-14/h5,11,15-16H,1-4H2,(H3,10,12,13,17);10,14H,1-4H2,(H3,9,11,12,15). The smallest absolute Gasteiger partial charge is 0.277 e. The van der Waals surface area contributed by atoms with Crippen LogP contribution in [0.1, 0.15) is 0 Å². The van der Waals surface area contributed by atoms with Crippen LogP contribution in [0.2, 0.25) is 0 Å². The summed E-state index contributed by atoms with van der Waals surface area (Å²) >= 11 is 0. The van der Waals surface area contributed by atoms with Gasteiger partial charge in [-0.05, 0) is 0 Å². The van der Waals surface area contributed by atoms with Crippen molar-refractivity contribution in [1.82, 2.24) is 19.9 Å². The molecule has 0 aliphatic carbocycles. The molecule has 0 fully saturated rings. The predicted octanol–water partition coefficient (Wildman–Crippen LogP) is -3.62. The summed E-state index contributed by atoms with van der Waals surface area (Å²) in [6.45, 7) is 0.742. The molecule has 2 aromatic heterocycles. The van der Waals surface area contributed by atoms with Crippen molar-refractivity contribution in [2.75, 3.05) is 85.1 Å². The first-order valence-corrected chi connectivity index (χ1v) is 10.2. The Kier molecular flexibility index (Phi) is 8.44. The Morgan fingerprint density at radius 1 is 0.882 bits per heavy atom. The van der Waals surface area contributed by atoms with Crippen molar-refractivity contribution in [2.24, 2.45) is 0 Å². The quantitative estimate of drug-likeness (QED) is 0.156. The molecule has 17 nitrogen and oxygen atoms in total. The van der Waals surface area contributed by atoms with Crippen molar-refractivity contribution >= 4 is 34.9 Å². The van der Waals surface area contributed by atoms with Gasteiger partial charge in [-0.2, -0.15) is 9.97 Å². The molecule has 2 aliphatic rings. The summed E-state index contributed by atoms with van der Waals surface area (Å²) in [6.07, 6.45) is -0.659. The normalized spacial score (nSPS) is 13.8. The molecule has 188 valence electrons. The van der Waals surface area contributed by atoms with Gasteiger partial charge in [-0.25, -0.2) is 0 Å². The number of nitrogen functional groups attached to an aromatic ring is 2. The van der Waals surface area contributed by atoms with Crippen molar-refractivity contribution < 1.29 is 24.8 Å². The number of nitrogens with two attached hydrogens (primary N) is 2. The van der Waals surface area contributed by atoms with Gasteiger partial charge in [0.2, 0.25) is 11.9 Å². The summed E-state index contributed by atoms with van der Waals surface area (Å²) in [7, 11) is 0. The summed E-state index contributed by atoms with van der Waals surface area (Å²) in [4.78, 5) is 39.2. The van der Waals surface area contributed by atoms with E-state index in [0.29, 0.717) is 36.3 Å². The minimum absolute atomic E-state index is 0.0216. The van der Waals surface area contributed by atoms with E-state index in [9.17, 15) is 9.59 Å². The molecule has 0 bridgehead atoms. The van der Waals surface area contributed by atoms with Gasteiger partial charge in [-0.1, -0.05) is 0 Å². The summed E-state index contributed by atoms with van der Waals surface area (Å²) in [5, 5.41) is 32.1. The number of fused-ring (bicyclic) bond motifs is 2. The number of aromatic nitrogens is 4. The number of aliphatic hydroxyl groups is 3. The highest BCUT2D eigenvalue weighted by Gasteiger charge is 2.25. The van der Waals surface area contributed by atoms with Gasteiger partial charge in [0.25, 0.3) is 11.1 Å². The molecule has 4 rings (SSSR count). The Morgan fingerprint density at radius 2 is 1.38 bits per heavy atom. The Balaban J connectivity index is 0.000000192. The van der Waals surface area contributed by atoms with Gasteiger partial charge in [-0.15, -0.1) is 0 Å². The third-order valence-electron chi connectivity index (χ3n) is 4.69. The molecule has 11 N–H and O–H groups in total. The van der Waals surface area contributed by atoms with Gasteiger partial charge >= 0.3 is 0 Å². The molecule has 34 heavy (non-hydrogen) atoms. The Hall–Kier alpha value is -3.64. The van der Waals surface area contributed by atoms with Gasteiger partial charge in [0.1, 0.15) is 30.9 Å². The number of hydrogen-bond donors (Lipinski definition) is 9. The molecule has 2 aliphatic heterocycles. The fraction of sp³-hybridized carbons (Fsp3) is 0.529. The lowest BCUT2D eigenvalue weighted by Crippen LogP contribution is -2.32. The van der Waals surface area contributed by atoms with E-state index in [0.717, 1.165) is 0 Å². The second kappa shape index (κ2) is 11.5. The fourth-order valence-corrected chi connectivity index (χ4v) is 3.04. The zero-order valence-electron chi connectivity index (χ0n) is 18.2. The van der Waals surface area contributed by atoms with Crippen molar-refractivity contribution in [2.45, 2.75) is 6.10 Å². The molecular weight excluding hydrogens is 456 g/mol. The summed E-state index contributed by atoms with van der Waals surface area (Å²) in [6, 6.07) is 0. The molecule has 0 atom stereocenters. The van der Waals surface area contributed by atoms with E-state index < -0.39 is 6.10 Å². The first-order chi connectivity index (χ1) is 16.4. The minimum atomic E-state index is -0.659. The highest BCUT2D eigenvalue weighted by atomic mass is 16.5. The van der Waals surface area contributed by atoms with E-state index in [-0.39, 0.29) is 62.9 Å². The predicted molar refractivity (Wildman–Crippen MR) is 122 cm³/mol. The number of H-pyrrole nitrogens is 2. The van der Waals surface area contributed by atoms with Crippen molar-refractivity contribution in [3.05, 3.63) is 20.7 Å². The molecule has 0 radical (unpaired) electrons. The van der Waals surface area contributed by atoms with Crippen LogP contribution in [0.3, 0.4) is 0 Å². The monoisotopic (exact) mass is 484 g/mol. The molecular formula is C17H28N10O7. The lowest BCUT2D eigenvalue weighted by Gasteiger charge is -2.20. The van der Waals surface area contributed by atoms with Crippen molar-refractivity contribution in [1.29, 1.82) is 0 Å². The van der Waals surface area contributed by atoms with Crippen LogP contribution in [-0.2, 0) is 9.47 Å².